The third-order valence-electron chi connectivity index (χ3n) is 1.19. The minimum Gasteiger partial charge on any atom is -0.831 e. The quantitative estimate of drug-likeness (QED) is 0.437. The summed E-state index contributed by atoms with van der Waals surface area (Å²) in [5, 5.41) is 20.1. The van der Waals surface area contributed by atoms with Crippen LogP contribution in [0.2, 0.25) is 0 Å². The molecule has 0 aliphatic rings. The van der Waals surface area contributed by atoms with Gasteiger partial charge in [0.1, 0.15) is 0 Å². The molecule has 0 amide bonds. The average molecular weight is 203 g/mol. The van der Waals surface area contributed by atoms with Crippen molar-refractivity contribution < 1.29 is 19.7 Å². The molecular weight excluding hydrogens is 184 g/mol. The standard InChI is InChI=1S/2C4H9O2.Mg/c2*1-3-4(5)6-2;/h2*4H,3H2,1-2H3;/q2*-1;+2. The van der Waals surface area contributed by atoms with Crippen LogP contribution in [0.5, 0.6) is 0 Å². The van der Waals surface area contributed by atoms with E-state index >= 15 is 0 Å². The second-order valence-electron chi connectivity index (χ2n) is 2.15. The van der Waals surface area contributed by atoms with E-state index < -0.39 is 12.6 Å². The Bertz CT molecular complexity index is 64.5. The van der Waals surface area contributed by atoms with E-state index in [0.29, 0.717) is 12.8 Å². The summed E-state index contributed by atoms with van der Waals surface area (Å²) < 4.78 is 8.69. The van der Waals surface area contributed by atoms with Gasteiger partial charge in [-0.05, 0) is 25.4 Å². The molecule has 0 aliphatic heterocycles. The summed E-state index contributed by atoms with van der Waals surface area (Å²) in [6.07, 6.45) is -0.525. The molecule has 76 valence electrons. The van der Waals surface area contributed by atoms with Crippen molar-refractivity contribution in [3.63, 3.8) is 0 Å². The van der Waals surface area contributed by atoms with Gasteiger partial charge in [-0.3, -0.25) is 0 Å². The van der Waals surface area contributed by atoms with Gasteiger partial charge in [-0.25, -0.2) is 0 Å². The molecule has 13 heavy (non-hydrogen) atoms. The van der Waals surface area contributed by atoms with E-state index in [2.05, 4.69) is 9.47 Å². The second-order valence-corrected chi connectivity index (χ2v) is 2.15. The Morgan fingerprint density at radius 1 is 0.923 bits per heavy atom. The largest absolute Gasteiger partial charge is 2.00 e. The van der Waals surface area contributed by atoms with Crippen molar-refractivity contribution in [2.24, 2.45) is 0 Å². The summed E-state index contributed by atoms with van der Waals surface area (Å²) in [6, 6.07) is 0. The Labute approximate surface area is 96.4 Å². The minimum absolute atomic E-state index is 0. The number of methoxy groups -OCH3 is 2. The topological polar surface area (TPSA) is 64.6 Å². The normalized spacial score (nSPS) is 13.4. The maximum atomic E-state index is 10.0. The first-order valence-electron chi connectivity index (χ1n) is 3.99. The summed E-state index contributed by atoms with van der Waals surface area (Å²) in [5.41, 5.74) is 0. The van der Waals surface area contributed by atoms with Crippen molar-refractivity contribution in [3.05, 3.63) is 0 Å². The predicted molar refractivity (Wildman–Crippen MR) is 47.9 cm³/mol. The zero-order chi connectivity index (χ0) is 9.98. The molecule has 0 bridgehead atoms. The van der Waals surface area contributed by atoms with Crippen LogP contribution in [0.1, 0.15) is 26.7 Å². The van der Waals surface area contributed by atoms with Crippen molar-refractivity contribution in [3.8, 4) is 0 Å². The molecule has 0 aromatic carbocycles. The zero-order valence-corrected chi connectivity index (χ0v) is 10.3. The monoisotopic (exact) mass is 202 g/mol. The van der Waals surface area contributed by atoms with Gasteiger partial charge in [0.25, 0.3) is 0 Å². The summed E-state index contributed by atoms with van der Waals surface area (Å²) in [6.45, 7) is 3.59. The Balaban J connectivity index is -0.000000143. The molecule has 0 saturated carbocycles. The van der Waals surface area contributed by atoms with E-state index in [9.17, 15) is 10.2 Å². The number of hydrogen-bond acceptors (Lipinski definition) is 4. The van der Waals surface area contributed by atoms with Gasteiger partial charge in [0.2, 0.25) is 0 Å². The van der Waals surface area contributed by atoms with Crippen LogP contribution in [0.3, 0.4) is 0 Å². The molecule has 5 heteroatoms. The van der Waals surface area contributed by atoms with Crippen LogP contribution in [0.15, 0.2) is 0 Å². The molecule has 0 aromatic rings. The van der Waals surface area contributed by atoms with E-state index in [1.54, 1.807) is 13.8 Å². The van der Waals surface area contributed by atoms with Gasteiger partial charge in [0, 0.05) is 14.2 Å². The molecule has 0 heterocycles. The molecule has 0 fully saturated rings. The first-order chi connectivity index (χ1) is 5.62. The van der Waals surface area contributed by atoms with Crippen LogP contribution in [-0.4, -0.2) is 49.9 Å². The Kier molecular flexibility index (Phi) is 22.3. The van der Waals surface area contributed by atoms with E-state index in [4.69, 9.17) is 0 Å². The molecule has 0 spiro atoms. The summed E-state index contributed by atoms with van der Waals surface area (Å²) in [5.74, 6) is 0. The Morgan fingerprint density at radius 2 is 1.15 bits per heavy atom. The Hall–Kier alpha value is 0.606. The van der Waals surface area contributed by atoms with Gasteiger partial charge in [-0.2, -0.15) is 0 Å². The van der Waals surface area contributed by atoms with Crippen molar-refractivity contribution in [2.75, 3.05) is 14.2 Å². The van der Waals surface area contributed by atoms with Crippen molar-refractivity contribution in [1.29, 1.82) is 0 Å². The van der Waals surface area contributed by atoms with Crippen LogP contribution < -0.4 is 10.2 Å². The van der Waals surface area contributed by atoms with Crippen LogP contribution >= 0.6 is 0 Å². The van der Waals surface area contributed by atoms with Crippen molar-refractivity contribution >= 4 is 23.1 Å². The molecule has 0 N–H and O–H groups in total. The van der Waals surface area contributed by atoms with Gasteiger partial charge in [0.15, 0.2) is 0 Å². The fraction of sp³-hybridized carbons (Fsp3) is 1.00. The molecule has 0 rings (SSSR count). The van der Waals surface area contributed by atoms with Crippen LogP contribution in [-0.2, 0) is 9.47 Å². The first kappa shape index (κ1) is 19.2. The molecule has 0 radical (unpaired) electrons. The fourth-order valence-corrected chi connectivity index (χ4v) is 0.333. The predicted octanol–water partition coefficient (Wildman–Crippen LogP) is -0.922. The SMILES string of the molecule is CCC([O-])OC.CCC([O-])OC.[Mg+2]. The van der Waals surface area contributed by atoms with E-state index in [0.717, 1.165) is 0 Å². The molecule has 2 unspecified atom stereocenters. The third-order valence-corrected chi connectivity index (χ3v) is 1.19. The van der Waals surface area contributed by atoms with Gasteiger partial charge in [-0.1, -0.05) is 13.8 Å². The third kappa shape index (κ3) is 19.1. The minimum atomic E-state index is -0.815. The van der Waals surface area contributed by atoms with Crippen LogP contribution in [0, 0.1) is 0 Å². The maximum absolute atomic E-state index is 10.0. The number of rotatable bonds is 4. The summed E-state index contributed by atoms with van der Waals surface area (Å²) in [4.78, 5) is 0. The average Bonchev–Trinajstić information content (AvgIpc) is 2.16. The van der Waals surface area contributed by atoms with Crippen LogP contribution in [0.4, 0.5) is 0 Å². The van der Waals surface area contributed by atoms with Gasteiger partial charge >= 0.3 is 23.1 Å². The fourth-order valence-electron chi connectivity index (χ4n) is 0.333. The second kappa shape index (κ2) is 15.1. The first-order valence-corrected chi connectivity index (χ1v) is 3.99. The summed E-state index contributed by atoms with van der Waals surface area (Å²) >= 11 is 0. The summed E-state index contributed by atoms with van der Waals surface area (Å²) in [7, 11) is 2.84. The molecule has 4 nitrogen and oxygen atoms in total. The Morgan fingerprint density at radius 3 is 1.15 bits per heavy atom. The van der Waals surface area contributed by atoms with Gasteiger partial charge in [-0.15, -0.1) is 0 Å². The van der Waals surface area contributed by atoms with E-state index in [-0.39, 0.29) is 23.1 Å². The van der Waals surface area contributed by atoms with Crippen molar-refractivity contribution in [2.45, 2.75) is 39.3 Å². The number of ether oxygens (including phenoxy) is 2. The van der Waals surface area contributed by atoms with Crippen LogP contribution in [0.25, 0.3) is 0 Å². The van der Waals surface area contributed by atoms with Gasteiger partial charge < -0.3 is 19.7 Å². The molecule has 2 atom stereocenters. The molecule has 0 saturated heterocycles. The van der Waals surface area contributed by atoms with E-state index in [1.807, 2.05) is 0 Å². The maximum Gasteiger partial charge on any atom is 2.00 e. The molecule has 0 aromatic heterocycles. The number of hydrogen-bond donors (Lipinski definition) is 0. The zero-order valence-electron chi connectivity index (χ0n) is 8.91. The van der Waals surface area contributed by atoms with E-state index in [1.165, 1.54) is 14.2 Å². The molecule has 0 aliphatic carbocycles. The molecular formula is C8H18MgO4. The smallest absolute Gasteiger partial charge is 0.831 e. The van der Waals surface area contributed by atoms with Gasteiger partial charge in [0.05, 0.1) is 0 Å². The van der Waals surface area contributed by atoms with Crippen molar-refractivity contribution in [1.82, 2.24) is 0 Å².